The van der Waals surface area contributed by atoms with Gasteiger partial charge < -0.3 is 10.1 Å². The van der Waals surface area contributed by atoms with Gasteiger partial charge in [0.25, 0.3) is 0 Å². The van der Waals surface area contributed by atoms with Crippen molar-refractivity contribution in [1.82, 2.24) is 10.3 Å². The molecule has 0 saturated carbocycles. The minimum Gasteiger partial charge on any atom is -0.474 e. The number of hydrogen-bond acceptors (Lipinski definition) is 3. The van der Waals surface area contributed by atoms with Gasteiger partial charge in [-0.1, -0.05) is 20.8 Å². The smallest absolute Gasteiger partial charge is 0.218 e. The molecule has 1 unspecified atom stereocenters. The summed E-state index contributed by atoms with van der Waals surface area (Å²) in [6, 6.07) is 2.07. The van der Waals surface area contributed by atoms with Crippen molar-refractivity contribution < 1.29 is 4.74 Å². The number of nitrogens with zero attached hydrogens (tertiary/aromatic N) is 1. The molecule has 102 valence electrons. The summed E-state index contributed by atoms with van der Waals surface area (Å²) in [6.45, 7) is 10.4. The molecule has 1 aromatic heterocycles. The van der Waals surface area contributed by atoms with Crippen LogP contribution >= 0.6 is 15.9 Å². The third-order valence-electron chi connectivity index (χ3n) is 2.65. The van der Waals surface area contributed by atoms with Crippen LogP contribution in [-0.4, -0.2) is 17.6 Å². The third kappa shape index (κ3) is 5.36. The minimum atomic E-state index is 0.197. The van der Waals surface area contributed by atoms with E-state index < -0.39 is 0 Å². The summed E-state index contributed by atoms with van der Waals surface area (Å²) in [7, 11) is 0. The minimum absolute atomic E-state index is 0.197. The van der Waals surface area contributed by atoms with E-state index in [4.69, 9.17) is 4.74 Å². The largest absolute Gasteiger partial charge is 0.474 e. The van der Waals surface area contributed by atoms with E-state index in [0.29, 0.717) is 5.92 Å². The molecule has 3 nitrogen and oxygen atoms in total. The Morgan fingerprint density at radius 1 is 1.39 bits per heavy atom. The van der Waals surface area contributed by atoms with Gasteiger partial charge in [0, 0.05) is 22.8 Å². The van der Waals surface area contributed by atoms with Crippen molar-refractivity contribution >= 4 is 15.9 Å². The van der Waals surface area contributed by atoms with Gasteiger partial charge in [-0.2, -0.15) is 0 Å². The van der Waals surface area contributed by atoms with E-state index in [-0.39, 0.29) is 6.10 Å². The number of rotatable bonds is 7. The van der Waals surface area contributed by atoms with Crippen molar-refractivity contribution in [1.29, 1.82) is 0 Å². The summed E-state index contributed by atoms with van der Waals surface area (Å²) in [5.74, 6) is 1.38. The second-order valence-corrected chi connectivity index (χ2v) is 5.89. The van der Waals surface area contributed by atoms with Gasteiger partial charge in [0.05, 0.1) is 6.10 Å². The summed E-state index contributed by atoms with van der Waals surface area (Å²) in [6.07, 6.45) is 2.96. The fraction of sp³-hybridized carbons (Fsp3) is 0.643. The standard InChI is InChI=1S/C14H23BrN2O/c1-5-11(4)18-14-12(6-13(15)9-17-14)8-16-7-10(2)3/h6,9-11,16H,5,7-8H2,1-4H3. The summed E-state index contributed by atoms with van der Waals surface area (Å²) in [5.41, 5.74) is 1.10. The molecule has 1 N–H and O–H groups in total. The molecule has 0 aliphatic heterocycles. The molecule has 0 saturated heterocycles. The van der Waals surface area contributed by atoms with Gasteiger partial charge >= 0.3 is 0 Å². The first-order valence-corrected chi connectivity index (χ1v) is 7.34. The molecule has 0 radical (unpaired) electrons. The molecule has 0 amide bonds. The van der Waals surface area contributed by atoms with E-state index in [1.165, 1.54) is 0 Å². The maximum absolute atomic E-state index is 5.84. The first kappa shape index (κ1) is 15.4. The van der Waals surface area contributed by atoms with E-state index >= 15 is 0 Å². The second kappa shape index (κ2) is 7.74. The average Bonchev–Trinajstić information content (AvgIpc) is 2.31. The van der Waals surface area contributed by atoms with Gasteiger partial charge in [0.15, 0.2) is 0 Å². The van der Waals surface area contributed by atoms with E-state index in [9.17, 15) is 0 Å². The van der Waals surface area contributed by atoms with Gasteiger partial charge in [-0.25, -0.2) is 4.98 Å². The summed E-state index contributed by atoms with van der Waals surface area (Å²) >= 11 is 3.45. The van der Waals surface area contributed by atoms with Gasteiger partial charge in [-0.05, 0) is 47.8 Å². The zero-order chi connectivity index (χ0) is 13.5. The Hall–Kier alpha value is -0.610. The third-order valence-corrected chi connectivity index (χ3v) is 3.08. The molecule has 0 aliphatic carbocycles. The molecular weight excluding hydrogens is 292 g/mol. The zero-order valence-electron chi connectivity index (χ0n) is 11.7. The van der Waals surface area contributed by atoms with E-state index in [1.807, 2.05) is 0 Å². The Labute approximate surface area is 118 Å². The van der Waals surface area contributed by atoms with Gasteiger partial charge in [0.1, 0.15) is 0 Å². The van der Waals surface area contributed by atoms with Crippen LogP contribution in [0.1, 0.15) is 39.7 Å². The van der Waals surface area contributed by atoms with Gasteiger partial charge in [-0.3, -0.25) is 0 Å². The van der Waals surface area contributed by atoms with Crippen molar-refractivity contribution in [2.24, 2.45) is 5.92 Å². The zero-order valence-corrected chi connectivity index (χ0v) is 13.3. The molecule has 1 atom stereocenters. The van der Waals surface area contributed by atoms with Crippen molar-refractivity contribution in [3.05, 3.63) is 22.3 Å². The lowest BCUT2D eigenvalue weighted by molar-refractivity contribution is 0.206. The molecular formula is C14H23BrN2O. The van der Waals surface area contributed by atoms with E-state index in [0.717, 1.165) is 35.4 Å². The van der Waals surface area contributed by atoms with Gasteiger partial charge in [-0.15, -0.1) is 0 Å². The topological polar surface area (TPSA) is 34.1 Å². The normalized spacial score (nSPS) is 12.8. The Bertz CT molecular complexity index is 369. The lowest BCUT2D eigenvalue weighted by Gasteiger charge is -2.16. The fourth-order valence-corrected chi connectivity index (χ4v) is 1.85. The predicted molar refractivity (Wildman–Crippen MR) is 78.9 cm³/mol. The van der Waals surface area contributed by atoms with Crippen LogP contribution in [0.4, 0.5) is 0 Å². The number of ether oxygens (including phenoxy) is 1. The van der Waals surface area contributed by atoms with Crippen LogP contribution in [0.25, 0.3) is 0 Å². The van der Waals surface area contributed by atoms with Crippen molar-refractivity contribution in [3.8, 4) is 5.88 Å². The van der Waals surface area contributed by atoms with Crippen LogP contribution in [0.2, 0.25) is 0 Å². The molecule has 1 heterocycles. The Morgan fingerprint density at radius 2 is 2.11 bits per heavy atom. The molecule has 0 aromatic carbocycles. The summed E-state index contributed by atoms with van der Waals surface area (Å²) in [5, 5.41) is 3.42. The lowest BCUT2D eigenvalue weighted by atomic mass is 10.2. The van der Waals surface area contributed by atoms with Crippen molar-refractivity contribution in [3.63, 3.8) is 0 Å². The highest BCUT2D eigenvalue weighted by molar-refractivity contribution is 9.10. The van der Waals surface area contributed by atoms with Crippen LogP contribution in [0.15, 0.2) is 16.7 Å². The summed E-state index contributed by atoms with van der Waals surface area (Å²) < 4.78 is 6.82. The van der Waals surface area contributed by atoms with E-state index in [1.54, 1.807) is 6.20 Å². The maximum atomic E-state index is 5.84. The monoisotopic (exact) mass is 314 g/mol. The maximum Gasteiger partial charge on any atom is 0.218 e. The fourth-order valence-electron chi connectivity index (χ4n) is 1.47. The Morgan fingerprint density at radius 3 is 2.72 bits per heavy atom. The van der Waals surface area contributed by atoms with Crippen LogP contribution in [0.5, 0.6) is 5.88 Å². The number of aromatic nitrogens is 1. The number of halogens is 1. The molecule has 0 spiro atoms. The molecule has 0 fully saturated rings. The summed E-state index contributed by atoms with van der Waals surface area (Å²) in [4.78, 5) is 4.35. The van der Waals surface area contributed by atoms with Crippen molar-refractivity contribution in [2.45, 2.75) is 46.8 Å². The van der Waals surface area contributed by atoms with Crippen molar-refractivity contribution in [2.75, 3.05) is 6.54 Å². The quantitative estimate of drug-likeness (QED) is 0.832. The lowest BCUT2D eigenvalue weighted by Crippen LogP contribution is -2.20. The highest BCUT2D eigenvalue weighted by Gasteiger charge is 2.09. The number of pyridine rings is 1. The van der Waals surface area contributed by atoms with E-state index in [2.05, 4.69) is 60.0 Å². The molecule has 1 aromatic rings. The van der Waals surface area contributed by atoms with Crippen LogP contribution in [0, 0.1) is 5.92 Å². The average molecular weight is 315 g/mol. The van der Waals surface area contributed by atoms with Crippen LogP contribution in [-0.2, 0) is 6.54 Å². The predicted octanol–water partition coefficient (Wildman–Crippen LogP) is 3.77. The van der Waals surface area contributed by atoms with Crippen LogP contribution in [0.3, 0.4) is 0 Å². The molecule has 0 bridgehead atoms. The second-order valence-electron chi connectivity index (χ2n) is 4.98. The number of hydrogen-bond donors (Lipinski definition) is 1. The molecule has 18 heavy (non-hydrogen) atoms. The molecule has 1 rings (SSSR count). The highest BCUT2D eigenvalue weighted by Crippen LogP contribution is 2.21. The Balaban J connectivity index is 2.70. The number of nitrogens with one attached hydrogen (secondary N) is 1. The van der Waals surface area contributed by atoms with Gasteiger partial charge in [0.2, 0.25) is 5.88 Å². The first-order valence-electron chi connectivity index (χ1n) is 6.54. The molecule has 0 aliphatic rings. The Kier molecular flexibility index (Phi) is 6.65. The van der Waals surface area contributed by atoms with Crippen LogP contribution < -0.4 is 10.1 Å². The SMILES string of the molecule is CCC(C)Oc1ncc(Br)cc1CNCC(C)C. The first-order chi connectivity index (χ1) is 8.52. The highest BCUT2D eigenvalue weighted by atomic mass is 79.9. The molecule has 4 heteroatoms.